The lowest BCUT2D eigenvalue weighted by atomic mass is 9.85. The zero-order valence-electron chi connectivity index (χ0n) is 14.9. The maximum absolute atomic E-state index is 12.7. The number of rotatable bonds is 4. The molecule has 1 spiro atoms. The standard InChI is InChI=1S/C19H29N3O2/c1-21-12-9-19(10-13-21)8-3-11-22(19)18(23)20-14-16-4-6-17(7-5-16)15-24-2/h4-7H,3,8-15H2,1-2H3,(H,20,23). The van der Waals surface area contributed by atoms with Crippen LogP contribution in [0.2, 0.25) is 0 Å². The predicted octanol–water partition coefficient (Wildman–Crippen LogP) is 2.60. The van der Waals surface area contributed by atoms with Gasteiger partial charge in [0.15, 0.2) is 0 Å². The van der Waals surface area contributed by atoms with Gasteiger partial charge in [-0.15, -0.1) is 0 Å². The molecular weight excluding hydrogens is 302 g/mol. The third-order valence-electron chi connectivity index (χ3n) is 5.54. The van der Waals surface area contributed by atoms with Crippen LogP contribution in [0.25, 0.3) is 0 Å². The van der Waals surface area contributed by atoms with Crippen molar-refractivity contribution in [3.05, 3.63) is 35.4 Å². The van der Waals surface area contributed by atoms with Crippen LogP contribution in [0.1, 0.15) is 36.8 Å². The van der Waals surface area contributed by atoms with Gasteiger partial charge in [-0.25, -0.2) is 4.79 Å². The summed E-state index contributed by atoms with van der Waals surface area (Å²) in [6, 6.07) is 8.32. The Labute approximate surface area is 145 Å². The first-order valence-corrected chi connectivity index (χ1v) is 8.94. The van der Waals surface area contributed by atoms with Crippen LogP contribution < -0.4 is 5.32 Å². The highest BCUT2D eigenvalue weighted by Gasteiger charge is 2.44. The maximum atomic E-state index is 12.7. The number of urea groups is 1. The Hall–Kier alpha value is -1.59. The fourth-order valence-corrected chi connectivity index (χ4v) is 4.00. The van der Waals surface area contributed by atoms with Crippen LogP contribution in [0, 0.1) is 0 Å². The van der Waals surface area contributed by atoms with Crippen molar-refractivity contribution in [2.75, 3.05) is 33.8 Å². The van der Waals surface area contributed by atoms with Gasteiger partial charge in [-0.3, -0.25) is 0 Å². The molecule has 132 valence electrons. The molecule has 0 radical (unpaired) electrons. The lowest BCUT2D eigenvalue weighted by Crippen LogP contribution is -2.55. The lowest BCUT2D eigenvalue weighted by molar-refractivity contribution is 0.0828. The summed E-state index contributed by atoms with van der Waals surface area (Å²) in [4.78, 5) is 17.2. The minimum atomic E-state index is 0.0954. The van der Waals surface area contributed by atoms with Crippen LogP contribution in [0.4, 0.5) is 4.79 Å². The van der Waals surface area contributed by atoms with Crippen molar-refractivity contribution in [2.45, 2.75) is 44.4 Å². The van der Waals surface area contributed by atoms with Gasteiger partial charge in [0.2, 0.25) is 0 Å². The Balaban J connectivity index is 1.56. The van der Waals surface area contributed by atoms with E-state index in [0.29, 0.717) is 13.2 Å². The largest absolute Gasteiger partial charge is 0.380 e. The van der Waals surface area contributed by atoms with Crippen molar-refractivity contribution in [2.24, 2.45) is 0 Å². The number of hydrogen-bond acceptors (Lipinski definition) is 3. The van der Waals surface area contributed by atoms with Crippen LogP contribution in [0.3, 0.4) is 0 Å². The summed E-state index contributed by atoms with van der Waals surface area (Å²) in [5, 5.41) is 3.12. The molecular formula is C19H29N3O2. The molecule has 1 N–H and O–H groups in total. The number of carbonyl (C=O) groups excluding carboxylic acids is 1. The highest BCUT2D eigenvalue weighted by Crippen LogP contribution is 2.38. The second kappa shape index (κ2) is 7.53. The van der Waals surface area contributed by atoms with Gasteiger partial charge in [-0.05, 0) is 43.9 Å². The minimum absolute atomic E-state index is 0.0954. The molecule has 2 aliphatic rings. The number of nitrogens with zero attached hydrogens (tertiary/aromatic N) is 2. The normalized spacial score (nSPS) is 20.5. The number of benzene rings is 1. The number of piperidine rings is 1. The van der Waals surface area contributed by atoms with E-state index in [1.807, 2.05) is 0 Å². The molecule has 0 saturated carbocycles. The van der Waals surface area contributed by atoms with E-state index in [0.717, 1.165) is 56.4 Å². The van der Waals surface area contributed by atoms with Crippen molar-refractivity contribution >= 4 is 6.03 Å². The molecule has 5 nitrogen and oxygen atoms in total. The van der Waals surface area contributed by atoms with E-state index in [2.05, 4.69) is 46.4 Å². The van der Waals surface area contributed by atoms with E-state index in [1.54, 1.807) is 7.11 Å². The van der Waals surface area contributed by atoms with Crippen molar-refractivity contribution < 1.29 is 9.53 Å². The molecule has 1 aromatic carbocycles. The van der Waals surface area contributed by atoms with Gasteiger partial charge in [0, 0.05) is 38.8 Å². The molecule has 24 heavy (non-hydrogen) atoms. The first-order valence-electron chi connectivity index (χ1n) is 8.94. The van der Waals surface area contributed by atoms with E-state index < -0.39 is 0 Å². The highest BCUT2D eigenvalue weighted by atomic mass is 16.5. The molecule has 2 aliphatic heterocycles. The third-order valence-corrected chi connectivity index (χ3v) is 5.54. The summed E-state index contributed by atoms with van der Waals surface area (Å²) < 4.78 is 5.12. The number of hydrogen-bond donors (Lipinski definition) is 1. The summed E-state index contributed by atoms with van der Waals surface area (Å²) in [6.45, 7) is 4.27. The van der Waals surface area contributed by atoms with Crippen molar-refractivity contribution in [3.63, 3.8) is 0 Å². The van der Waals surface area contributed by atoms with E-state index in [-0.39, 0.29) is 11.6 Å². The van der Waals surface area contributed by atoms with Gasteiger partial charge in [0.05, 0.1) is 6.61 Å². The monoisotopic (exact) mass is 331 g/mol. The van der Waals surface area contributed by atoms with Crippen LogP contribution in [-0.2, 0) is 17.9 Å². The fraction of sp³-hybridized carbons (Fsp3) is 0.632. The van der Waals surface area contributed by atoms with Crippen LogP contribution in [0.15, 0.2) is 24.3 Å². The summed E-state index contributed by atoms with van der Waals surface area (Å²) in [7, 11) is 3.86. The Morgan fingerprint density at radius 2 is 1.79 bits per heavy atom. The van der Waals surface area contributed by atoms with Gasteiger partial charge in [0.1, 0.15) is 0 Å². The average molecular weight is 331 g/mol. The predicted molar refractivity (Wildman–Crippen MR) is 94.8 cm³/mol. The topological polar surface area (TPSA) is 44.8 Å². The van der Waals surface area contributed by atoms with Crippen LogP contribution in [0.5, 0.6) is 0 Å². The molecule has 0 atom stereocenters. The van der Waals surface area contributed by atoms with E-state index in [4.69, 9.17) is 4.74 Å². The van der Waals surface area contributed by atoms with Crippen molar-refractivity contribution in [1.82, 2.24) is 15.1 Å². The molecule has 5 heteroatoms. The zero-order valence-corrected chi connectivity index (χ0v) is 14.9. The molecule has 2 amide bonds. The molecule has 0 aliphatic carbocycles. The fourth-order valence-electron chi connectivity index (χ4n) is 4.00. The number of nitrogens with one attached hydrogen (secondary N) is 1. The molecule has 2 fully saturated rings. The highest BCUT2D eigenvalue weighted by molar-refractivity contribution is 5.75. The number of carbonyl (C=O) groups is 1. The first kappa shape index (κ1) is 17.2. The van der Waals surface area contributed by atoms with Gasteiger partial charge >= 0.3 is 6.03 Å². The second-order valence-corrected chi connectivity index (χ2v) is 7.19. The average Bonchev–Trinajstić information content (AvgIpc) is 3.01. The van der Waals surface area contributed by atoms with Gasteiger partial charge in [0.25, 0.3) is 0 Å². The molecule has 0 unspecified atom stereocenters. The Morgan fingerprint density at radius 1 is 1.12 bits per heavy atom. The summed E-state index contributed by atoms with van der Waals surface area (Å²) in [6.07, 6.45) is 4.48. The molecule has 0 bridgehead atoms. The van der Waals surface area contributed by atoms with Gasteiger partial charge in [-0.1, -0.05) is 24.3 Å². The summed E-state index contributed by atoms with van der Waals surface area (Å²) in [5.41, 5.74) is 2.37. The van der Waals surface area contributed by atoms with Crippen LogP contribution >= 0.6 is 0 Å². The summed E-state index contributed by atoms with van der Waals surface area (Å²) >= 11 is 0. The lowest BCUT2D eigenvalue weighted by Gasteiger charge is -2.44. The molecule has 2 saturated heterocycles. The van der Waals surface area contributed by atoms with Crippen LogP contribution in [-0.4, -0.2) is 55.2 Å². The minimum Gasteiger partial charge on any atom is -0.380 e. The summed E-state index contributed by atoms with van der Waals surface area (Å²) in [5.74, 6) is 0. The third kappa shape index (κ3) is 3.73. The van der Waals surface area contributed by atoms with Crippen molar-refractivity contribution in [3.8, 4) is 0 Å². The second-order valence-electron chi connectivity index (χ2n) is 7.19. The Kier molecular flexibility index (Phi) is 5.41. The molecule has 0 aromatic heterocycles. The van der Waals surface area contributed by atoms with E-state index >= 15 is 0 Å². The van der Waals surface area contributed by atoms with Crippen molar-refractivity contribution in [1.29, 1.82) is 0 Å². The quantitative estimate of drug-likeness (QED) is 0.922. The molecule has 3 rings (SSSR count). The molecule has 2 heterocycles. The zero-order chi connectivity index (χ0) is 17.0. The first-order chi connectivity index (χ1) is 11.6. The van der Waals surface area contributed by atoms with Gasteiger partial charge in [-0.2, -0.15) is 0 Å². The molecule has 1 aromatic rings. The number of amides is 2. The maximum Gasteiger partial charge on any atom is 0.318 e. The van der Waals surface area contributed by atoms with E-state index in [9.17, 15) is 4.79 Å². The number of likely N-dealkylation sites (tertiary alicyclic amines) is 2. The Morgan fingerprint density at radius 3 is 2.46 bits per heavy atom. The number of ether oxygens (including phenoxy) is 1. The smallest absolute Gasteiger partial charge is 0.318 e. The SMILES string of the molecule is COCc1ccc(CNC(=O)N2CCCC23CCN(C)CC3)cc1. The Bertz CT molecular complexity index is 550. The van der Waals surface area contributed by atoms with Gasteiger partial charge < -0.3 is 19.9 Å². The number of methoxy groups -OCH3 is 1. The van der Waals surface area contributed by atoms with E-state index in [1.165, 1.54) is 0 Å².